The molecule has 0 aliphatic carbocycles. The van der Waals surface area contributed by atoms with Gasteiger partial charge in [-0.15, -0.1) is 0 Å². The van der Waals surface area contributed by atoms with E-state index in [1.807, 2.05) is 0 Å². The summed E-state index contributed by atoms with van der Waals surface area (Å²) < 4.78 is 40.3. The average Bonchev–Trinajstić information content (AvgIpc) is 3.27. The van der Waals surface area contributed by atoms with Crippen molar-refractivity contribution in [2.24, 2.45) is 0 Å². The minimum atomic E-state index is -3.96. The van der Waals surface area contributed by atoms with Crippen LogP contribution < -0.4 is 9.04 Å². The smallest absolute Gasteiger partial charge is 0.340 e. The molecule has 3 aromatic carbocycles. The van der Waals surface area contributed by atoms with Gasteiger partial charge in [0.1, 0.15) is 5.75 Å². The van der Waals surface area contributed by atoms with Gasteiger partial charge in [-0.25, -0.2) is 13.2 Å². The highest BCUT2D eigenvalue weighted by molar-refractivity contribution is 7.92. The van der Waals surface area contributed by atoms with Gasteiger partial charge in [0.15, 0.2) is 6.10 Å². The van der Waals surface area contributed by atoms with Gasteiger partial charge >= 0.3 is 5.97 Å². The first kappa shape index (κ1) is 21.7. The van der Waals surface area contributed by atoms with Crippen LogP contribution >= 0.6 is 0 Å². The molecule has 0 bridgehead atoms. The Hall–Kier alpha value is -4.11. The molecule has 0 N–H and O–H groups in total. The molecule has 1 atom stereocenters. The molecule has 1 aromatic heterocycles. The number of benzene rings is 3. The van der Waals surface area contributed by atoms with Crippen molar-refractivity contribution in [2.75, 3.05) is 18.0 Å². The number of sulfonamides is 1. The molecule has 0 spiro atoms. The molecule has 5 rings (SSSR count). The van der Waals surface area contributed by atoms with Crippen molar-refractivity contribution in [1.82, 2.24) is 4.57 Å². The maximum atomic E-state index is 13.6. The van der Waals surface area contributed by atoms with Crippen molar-refractivity contribution >= 4 is 38.5 Å². The van der Waals surface area contributed by atoms with Crippen LogP contribution in [0.25, 0.3) is 10.9 Å². The van der Waals surface area contributed by atoms with Crippen molar-refractivity contribution in [3.8, 4) is 5.75 Å². The number of carbonyl (C=O) groups is 2. The molecule has 2 heterocycles. The van der Waals surface area contributed by atoms with E-state index in [4.69, 9.17) is 9.47 Å². The van der Waals surface area contributed by atoms with E-state index < -0.39 is 28.0 Å². The number of para-hydroxylation sites is 3. The number of nitrogens with zero attached hydrogens (tertiary/aromatic N) is 2. The highest BCUT2D eigenvalue weighted by Crippen LogP contribution is 2.37. The molecule has 1 aliphatic rings. The Balaban J connectivity index is 1.59. The zero-order chi connectivity index (χ0) is 23.9. The molecule has 4 aromatic rings. The fourth-order valence-electron chi connectivity index (χ4n) is 4.07. The van der Waals surface area contributed by atoms with Crippen molar-refractivity contribution < 1.29 is 27.5 Å². The Morgan fingerprint density at radius 2 is 1.62 bits per heavy atom. The number of aromatic nitrogens is 1. The van der Waals surface area contributed by atoms with Crippen LogP contribution in [0.5, 0.6) is 5.75 Å². The van der Waals surface area contributed by atoms with Crippen LogP contribution in [-0.4, -0.2) is 44.6 Å². The van der Waals surface area contributed by atoms with Crippen molar-refractivity contribution in [2.45, 2.75) is 11.0 Å². The van der Waals surface area contributed by atoms with Gasteiger partial charge in [-0.3, -0.25) is 13.7 Å². The number of hydrogen-bond donors (Lipinski definition) is 0. The lowest BCUT2D eigenvalue weighted by Crippen LogP contribution is -2.48. The van der Waals surface area contributed by atoms with E-state index in [-0.39, 0.29) is 22.8 Å². The largest absolute Gasteiger partial charge is 0.476 e. The lowest BCUT2D eigenvalue weighted by Gasteiger charge is -2.34. The summed E-state index contributed by atoms with van der Waals surface area (Å²) in [5.41, 5.74) is 1.08. The van der Waals surface area contributed by atoms with Crippen LogP contribution in [0.3, 0.4) is 0 Å². The molecular formula is C25H20N2O6S. The van der Waals surface area contributed by atoms with E-state index in [0.717, 1.165) is 0 Å². The molecular weight excluding hydrogens is 456 g/mol. The fraction of sp³-hybridized carbons (Fsp3) is 0.120. The molecule has 34 heavy (non-hydrogen) atoms. The van der Waals surface area contributed by atoms with Crippen molar-refractivity contribution in [3.63, 3.8) is 0 Å². The van der Waals surface area contributed by atoms with E-state index >= 15 is 0 Å². The third kappa shape index (κ3) is 3.50. The summed E-state index contributed by atoms with van der Waals surface area (Å²) in [7, 11) is -2.69. The SMILES string of the molecule is COC(=O)c1cn(C(=O)C2CN(S(=O)(=O)c3ccccc3)c3ccccc3O2)c2ccccc12. The molecule has 172 valence electrons. The van der Waals surface area contributed by atoms with Crippen LogP contribution in [-0.2, 0) is 14.8 Å². The van der Waals surface area contributed by atoms with E-state index in [0.29, 0.717) is 16.6 Å². The van der Waals surface area contributed by atoms with Crippen molar-refractivity contribution in [1.29, 1.82) is 0 Å². The number of ether oxygens (including phenoxy) is 2. The predicted molar refractivity (Wildman–Crippen MR) is 126 cm³/mol. The number of esters is 1. The van der Waals surface area contributed by atoms with Gasteiger partial charge in [0.05, 0.1) is 35.3 Å². The summed E-state index contributed by atoms with van der Waals surface area (Å²) >= 11 is 0. The van der Waals surface area contributed by atoms with E-state index in [1.54, 1.807) is 66.7 Å². The van der Waals surface area contributed by atoms with Gasteiger partial charge < -0.3 is 9.47 Å². The summed E-state index contributed by atoms with van der Waals surface area (Å²) in [5, 5.41) is 0.549. The molecule has 0 fully saturated rings. The van der Waals surface area contributed by atoms with Crippen LogP contribution in [0.2, 0.25) is 0 Å². The van der Waals surface area contributed by atoms with Gasteiger partial charge in [0.2, 0.25) is 0 Å². The number of rotatable bonds is 4. The second kappa shape index (κ2) is 8.35. The second-order valence-electron chi connectivity index (χ2n) is 7.68. The maximum absolute atomic E-state index is 13.6. The van der Waals surface area contributed by atoms with Gasteiger partial charge in [0.25, 0.3) is 15.9 Å². The number of hydrogen-bond acceptors (Lipinski definition) is 6. The minimum Gasteiger partial charge on any atom is -0.476 e. The number of carbonyl (C=O) groups excluding carboxylic acids is 2. The quantitative estimate of drug-likeness (QED) is 0.417. The maximum Gasteiger partial charge on any atom is 0.340 e. The first-order valence-corrected chi connectivity index (χ1v) is 11.9. The zero-order valence-corrected chi connectivity index (χ0v) is 18.9. The third-order valence-electron chi connectivity index (χ3n) is 5.70. The highest BCUT2D eigenvalue weighted by Gasteiger charge is 2.38. The monoisotopic (exact) mass is 476 g/mol. The van der Waals surface area contributed by atoms with E-state index in [2.05, 4.69) is 0 Å². The lowest BCUT2D eigenvalue weighted by atomic mass is 10.2. The standard InChI is InChI=1S/C25H20N2O6S/c1-32-25(29)19-15-26(20-12-6-5-11-18(19)20)24(28)23-16-27(21-13-7-8-14-22(21)33-23)34(30,31)17-9-3-2-4-10-17/h2-15,23H,16H2,1H3. The molecule has 8 nitrogen and oxygen atoms in total. The van der Waals surface area contributed by atoms with Gasteiger partial charge in [-0.1, -0.05) is 48.5 Å². The van der Waals surface area contributed by atoms with Gasteiger partial charge in [-0.2, -0.15) is 0 Å². The van der Waals surface area contributed by atoms with E-state index in [9.17, 15) is 18.0 Å². The molecule has 0 amide bonds. The van der Waals surface area contributed by atoms with Gasteiger partial charge in [0, 0.05) is 11.6 Å². The molecule has 1 unspecified atom stereocenters. The summed E-state index contributed by atoms with van der Waals surface area (Å²) in [4.78, 5) is 26.0. The predicted octanol–water partition coefficient (Wildman–Crippen LogP) is 3.72. The fourth-order valence-corrected chi connectivity index (χ4v) is 5.56. The first-order chi connectivity index (χ1) is 16.4. The normalized spacial score (nSPS) is 15.4. The molecule has 0 radical (unpaired) electrons. The Morgan fingerprint density at radius 3 is 2.38 bits per heavy atom. The minimum absolute atomic E-state index is 0.109. The summed E-state index contributed by atoms with van der Waals surface area (Å²) in [5.74, 6) is -0.809. The van der Waals surface area contributed by atoms with Crippen molar-refractivity contribution in [3.05, 3.63) is 90.6 Å². The topological polar surface area (TPSA) is 94.9 Å². The highest BCUT2D eigenvalue weighted by atomic mass is 32.2. The number of anilines is 1. The summed E-state index contributed by atoms with van der Waals surface area (Å²) in [6.45, 7) is -0.229. The summed E-state index contributed by atoms with van der Waals surface area (Å²) in [6, 6.07) is 21.6. The van der Waals surface area contributed by atoms with Crippen LogP contribution in [0, 0.1) is 0 Å². The number of methoxy groups -OCH3 is 1. The summed E-state index contributed by atoms with van der Waals surface area (Å²) in [6.07, 6.45) is 0.258. The Bertz CT molecular complexity index is 1510. The molecule has 0 saturated carbocycles. The third-order valence-corrected chi connectivity index (χ3v) is 7.49. The van der Waals surface area contributed by atoms with Crippen LogP contribution in [0.15, 0.2) is 90.0 Å². The van der Waals surface area contributed by atoms with Crippen LogP contribution in [0.1, 0.15) is 15.2 Å². The Kier molecular flexibility index (Phi) is 5.33. The second-order valence-corrected chi connectivity index (χ2v) is 9.55. The Morgan fingerprint density at radius 1 is 0.941 bits per heavy atom. The van der Waals surface area contributed by atoms with E-state index in [1.165, 1.54) is 34.3 Å². The van der Waals surface area contributed by atoms with Crippen LogP contribution in [0.4, 0.5) is 5.69 Å². The van der Waals surface area contributed by atoms with Gasteiger partial charge in [-0.05, 0) is 30.3 Å². The molecule has 0 saturated heterocycles. The number of fused-ring (bicyclic) bond motifs is 2. The molecule has 9 heteroatoms. The average molecular weight is 477 g/mol. The Labute approximate surface area is 196 Å². The first-order valence-electron chi connectivity index (χ1n) is 10.5. The lowest BCUT2D eigenvalue weighted by molar-refractivity contribution is 0.0602. The molecule has 1 aliphatic heterocycles. The zero-order valence-electron chi connectivity index (χ0n) is 18.1.